The number of rotatable bonds is 2. The number of ketones is 1. The molecule has 106 valence electrons. The highest BCUT2D eigenvalue weighted by Crippen LogP contribution is 2.34. The second-order valence-electron chi connectivity index (χ2n) is 5.40. The van der Waals surface area contributed by atoms with Crippen molar-refractivity contribution < 1.29 is 9.90 Å². The van der Waals surface area contributed by atoms with Gasteiger partial charge in [-0.15, -0.1) is 6.42 Å². The first-order valence-corrected chi connectivity index (χ1v) is 6.58. The normalized spacial score (nSPS) is 25.1. The van der Waals surface area contributed by atoms with Gasteiger partial charge in [0.05, 0.1) is 17.2 Å². The molecule has 0 bridgehead atoms. The lowest BCUT2D eigenvalue weighted by atomic mass is 9.80. The SMILES string of the molecule is C#CC(=O)C1(C)CC(c2ccc(C)cc2)=C(C#N)C(O)N1. The van der Waals surface area contributed by atoms with E-state index in [2.05, 4.69) is 11.2 Å². The fourth-order valence-corrected chi connectivity index (χ4v) is 2.48. The number of carbonyl (C=O) groups excluding carboxylic acids is 1. The second kappa shape index (κ2) is 5.54. The van der Waals surface area contributed by atoms with Crippen LogP contribution in [0.1, 0.15) is 24.5 Å². The van der Waals surface area contributed by atoms with Gasteiger partial charge in [0.1, 0.15) is 6.23 Å². The third kappa shape index (κ3) is 2.73. The molecule has 2 N–H and O–H groups in total. The minimum absolute atomic E-state index is 0.223. The van der Waals surface area contributed by atoms with Crippen molar-refractivity contribution in [2.24, 2.45) is 0 Å². The van der Waals surface area contributed by atoms with Crippen LogP contribution in [-0.4, -0.2) is 22.7 Å². The Morgan fingerprint density at radius 2 is 2.10 bits per heavy atom. The Kier molecular flexibility index (Phi) is 3.95. The van der Waals surface area contributed by atoms with Gasteiger partial charge in [-0.3, -0.25) is 10.1 Å². The van der Waals surface area contributed by atoms with Crippen LogP contribution in [0.5, 0.6) is 0 Å². The molecule has 0 aliphatic carbocycles. The first-order chi connectivity index (χ1) is 9.91. The Hall–Kier alpha value is -2.40. The molecule has 0 spiro atoms. The van der Waals surface area contributed by atoms with E-state index in [4.69, 9.17) is 6.42 Å². The number of aliphatic hydroxyl groups is 1. The number of carbonyl (C=O) groups is 1. The minimum Gasteiger partial charge on any atom is -0.373 e. The molecule has 2 atom stereocenters. The highest BCUT2D eigenvalue weighted by atomic mass is 16.3. The number of terminal acetylenes is 1. The van der Waals surface area contributed by atoms with Crippen molar-refractivity contribution in [1.29, 1.82) is 5.26 Å². The van der Waals surface area contributed by atoms with Crippen molar-refractivity contribution in [2.45, 2.75) is 32.0 Å². The Balaban J connectivity index is 2.54. The second-order valence-corrected chi connectivity index (χ2v) is 5.40. The van der Waals surface area contributed by atoms with E-state index in [0.717, 1.165) is 11.1 Å². The molecule has 2 unspecified atom stereocenters. The number of aliphatic hydroxyl groups excluding tert-OH is 1. The van der Waals surface area contributed by atoms with Crippen molar-refractivity contribution >= 4 is 11.4 Å². The molecular weight excluding hydrogens is 264 g/mol. The van der Waals surface area contributed by atoms with E-state index in [9.17, 15) is 15.2 Å². The summed E-state index contributed by atoms with van der Waals surface area (Å²) < 4.78 is 0. The van der Waals surface area contributed by atoms with Gasteiger partial charge in [0, 0.05) is 6.42 Å². The molecule has 0 saturated carbocycles. The molecule has 0 fully saturated rings. The summed E-state index contributed by atoms with van der Waals surface area (Å²) in [5.41, 5.74) is 1.70. The minimum atomic E-state index is -1.21. The van der Waals surface area contributed by atoms with Crippen LogP contribution in [0, 0.1) is 30.6 Å². The standard InChI is InChI=1S/C17H16N2O2/c1-4-15(20)17(3)9-13(14(10-18)16(21)19-17)12-7-5-11(2)6-8-12/h1,5-8,16,19,21H,9H2,2-3H3. The molecule has 0 saturated heterocycles. The van der Waals surface area contributed by atoms with E-state index in [1.165, 1.54) is 0 Å². The van der Waals surface area contributed by atoms with E-state index >= 15 is 0 Å². The maximum absolute atomic E-state index is 11.9. The maximum Gasteiger partial charge on any atom is 0.225 e. The lowest BCUT2D eigenvalue weighted by molar-refractivity contribution is -0.120. The summed E-state index contributed by atoms with van der Waals surface area (Å²) in [6, 6.07) is 9.61. The van der Waals surface area contributed by atoms with Gasteiger partial charge in [-0.2, -0.15) is 5.26 Å². The maximum atomic E-state index is 11.9. The number of hydrogen-bond donors (Lipinski definition) is 2. The first-order valence-electron chi connectivity index (χ1n) is 6.58. The van der Waals surface area contributed by atoms with Gasteiger partial charge in [-0.25, -0.2) is 0 Å². The van der Waals surface area contributed by atoms with Crippen molar-refractivity contribution in [3.05, 3.63) is 41.0 Å². The average Bonchev–Trinajstić information content (AvgIpc) is 2.46. The summed E-state index contributed by atoms with van der Waals surface area (Å²) in [4.78, 5) is 11.9. The Morgan fingerprint density at radius 3 is 2.62 bits per heavy atom. The van der Waals surface area contributed by atoms with Crippen molar-refractivity contribution in [3.63, 3.8) is 0 Å². The van der Waals surface area contributed by atoms with Gasteiger partial charge < -0.3 is 5.11 Å². The average molecular weight is 280 g/mol. The Labute approximate surface area is 124 Å². The number of Topliss-reactive ketones (excluding diaryl/α,β-unsaturated/α-hetero) is 1. The molecule has 1 aliphatic heterocycles. The molecule has 4 heteroatoms. The quantitative estimate of drug-likeness (QED) is 0.636. The summed E-state index contributed by atoms with van der Waals surface area (Å²) in [5.74, 6) is 1.65. The van der Waals surface area contributed by atoms with Crippen molar-refractivity contribution in [3.8, 4) is 18.4 Å². The third-order valence-corrected chi connectivity index (χ3v) is 3.74. The molecule has 0 aromatic heterocycles. The van der Waals surface area contributed by atoms with Gasteiger partial charge in [-0.05, 0) is 30.9 Å². The zero-order valence-electron chi connectivity index (χ0n) is 12.0. The predicted molar refractivity (Wildman–Crippen MR) is 79.7 cm³/mol. The lowest BCUT2D eigenvalue weighted by Crippen LogP contribution is -2.56. The molecule has 2 rings (SSSR count). The Bertz CT molecular complexity index is 689. The van der Waals surface area contributed by atoms with Crippen LogP contribution in [-0.2, 0) is 4.79 Å². The summed E-state index contributed by atoms with van der Waals surface area (Å²) in [7, 11) is 0. The molecular formula is C17H16N2O2. The van der Waals surface area contributed by atoms with Gasteiger partial charge in [-0.1, -0.05) is 29.8 Å². The van der Waals surface area contributed by atoms with E-state index in [1.54, 1.807) is 6.92 Å². The molecule has 4 nitrogen and oxygen atoms in total. The number of nitriles is 1. The van der Waals surface area contributed by atoms with E-state index in [-0.39, 0.29) is 12.0 Å². The summed E-state index contributed by atoms with van der Waals surface area (Å²) >= 11 is 0. The first kappa shape index (κ1) is 15.0. The topological polar surface area (TPSA) is 73.1 Å². The zero-order valence-corrected chi connectivity index (χ0v) is 12.0. The molecule has 21 heavy (non-hydrogen) atoms. The molecule has 1 heterocycles. The Morgan fingerprint density at radius 1 is 1.48 bits per heavy atom. The number of hydrogen-bond acceptors (Lipinski definition) is 4. The molecule has 1 aromatic rings. The molecule has 1 aliphatic rings. The smallest absolute Gasteiger partial charge is 0.225 e. The summed E-state index contributed by atoms with van der Waals surface area (Å²) in [6.45, 7) is 3.60. The zero-order chi connectivity index (χ0) is 15.6. The fraction of sp³-hybridized carbons (Fsp3) is 0.294. The van der Waals surface area contributed by atoms with Crippen LogP contribution in [0.4, 0.5) is 0 Å². The van der Waals surface area contributed by atoms with Gasteiger partial charge in [0.2, 0.25) is 5.78 Å². The summed E-state index contributed by atoms with van der Waals surface area (Å²) in [5, 5.41) is 22.1. The predicted octanol–water partition coefficient (Wildman–Crippen LogP) is 1.54. The van der Waals surface area contributed by atoms with Crippen molar-refractivity contribution in [2.75, 3.05) is 0 Å². The van der Waals surface area contributed by atoms with Crippen LogP contribution < -0.4 is 5.32 Å². The fourth-order valence-electron chi connectivity index (χ4n) is 2.48. The van der Waals surface area contributed by atoms with Crippen LogP contribution in [0.3, 0.4) is 0 Å². The largest absolute Gasteiger partial charge is 0.373 e. The van der Waals surface area contributed by atoms with Gasteiger partial charge in [0.25, 0.3) is 0 Å². The highest BCUT2D eigenvalue weighted by Gasteiger charge is 2.40. The van der Waals surface area contributed by atoms with Crippen LogP contribution in [0.2, 0.25) is 0 Å². The third-order valence-electron chi connectivity index (χ3n) is 3.74. The molecule has 0 amide bonds. The number of aryl methyl sites for hydroxylation is 1. The van der Waals surface area contributed by atoms with Crippen LogP contribution in [0.25, 0.3) is 5.57 Å². The van der Waals surface area contributed by atoms with Crippen LogP contribution >= 0.6 is 0 Å². The number of nitrogens with one attached hydrogen (secondary N) is 1. The van der Waals surface area contributed by atoms with Crippen molar-refractivity contribution in [1.82, 2.24) is 5.32 Å². The number of nitrogens with zero attached hydrogens (tertiary/aromatic N) is 1. The van der Waals surface area contributed by atoms with E-state index in [0.29, 0.717) is 5.57 Å². The molecule has 0 radical (unpaired) electrons. The summed E-state index contributed by atoms with van der Waals surface area (Å²) in [6.07, 6.45) is 4.26. The number of benzene rings is 1. The molecule has 1 aromatic carbocycles. The highest BCUT2D eigenvalue weighted by molar-refractivity contribution is 6.04. The van der Waals surface area contributed by atoms with E-state index in [1.807, 2.05) is 37.3 Å². The lowest BCUT2D eigenvalue weighted by Gasteiger charge is -2.36. The van der Waals surface area contributed by atoms with Gasteiger partial charge >= 0.3 is 0 Å². The van der Waals surface area contributed by atoms with Crippen LogP contribution in [0.15, 0.2) is 29.8 Å². The monoisotopic (exact) mass is 280 g/mol. The van der Waals surface area contributed by atoms with Gasteiger partial charge in [0.15, 0.2) is 0 Å². The van der Waals surface area contributed by atoms with E-state index < -0.39 is 17.6 Å².